The lowest BCUT2D eigenvalue weighted by atomic mass is 10.0. The maximum Gasteiger partial charge on any atom is 0.0664 e. The molecule has 1 aromatic rings. The fourth-order valence-corrected chi connectivity index (χ4v) is 1.55. The first kappa shape index (κ1) is 7.53. The molecule has 0 atom stereocenters. The lowest BCUT2D eigenvalue weighted by molar-refractivity contribution is 0.754. The molecule has 0 bridgehead atoms. The standard InChI is InChI=1S/C11H13N/c1-8(2)10-6-9-4-3-5-12-11(9)7-10/h3-5,7-8H,6H2,1-2H3. The van der Waals surface area contributed by atoms with Gasteiger partial charge in [0.25, 0.3) is 0 Å². The van der Waals surface area contributed by atoms with Crippen LogP contribution in [0.5, 0.6) is 0 Å². The zero-order valence-electron chi connectivity index (χ0n) is 7.54. The summed E-state index contributed by atoms with van der Waals surface area (Å²) in [5, 5.41) is 0. The topological polar surface area (TPSA) is 12.9 Å². The van der Waals surface area contributed by atoms with E-state index < -0.39 is 0 Å². The van der Waals surface area contributed by atoms with Crippen molar-refractivity contribution < 1.29 is 0 Å². The second-order valence-electron chi connectivity index (χ2n) is 3.60. The molecule has 0 spiro atoms. The Bertz CT molecular complexity index is 324. The minimum atomic E-state index is 0.652. The summed E-state index contributed by atoms with van der Waals surface area (Å²) in [4.78, 5) is 4.32. The highest BCUT2D eigenvalue weighted by atomic mass is 14.7. The predicted octanol–water partition coefficient (Wildman–Crippen LogP) is 2.68. The third-order valence-corrected chi connectivity index (χ3v) is 2.38. The van der Waals surface area contributed by atoms with Crippen molar-refractivity contribution in [3.8, 4) is 0 Å². The Morgan fingerprint density at radius 1 is 1.42 bits per heavy atom. The summed E-state index contributed by atoms with van der Waals surface area (Å²) in [6.45, 7) is 4.47. The van der Waals surface area contributed by atoms with E-state index in [1.54, 1.807) is 0 Å². The highest BCUT2D eigenvalue weighted by molar-refractivity contribution is 5.60. The highest BCUT2D eigenvalue weighted by Crippen LogP contribution is 2.27. The van der Waals surface area contributed by atoms with Crippen molar-refractivity contribution in [1.29, 1.82) is 0 Å². The van der Waals surface area contributed by atoms with Gasteiger partial charge in [-0.15, -0.1) is 0 Å². The zero-order chi connectivity index (χ0) is 8.55. The first-order valence-corrected chi connectivity index (χ1v) is 4.41. The molecule has 0 unspecified atom stereocenters. The van der Waals surface area contributed by atoms with Crippen molar-refractivity contribution in [2.75, 3.05) is 0 Å². The van der Waals surface area contributed by atoms with Gasteiger partial charge < -0.3 is 0 Å². The van der Waals surface area contributed by atoms with E-state index in [4.69, 9.17) is 0 Å². The van der Waals surface area contributed by atoms with Crippen LogP contribution >= 0.6 is 0 Å². The number of hydrogen-bond donors (Lipinski definition) is 0. The monoisotopic (exact) mass is 159 g/mol. The molecule has 0 amide bonds. The van der Waals surface area contributed by atoms with E-state index in [-0.39, 0.29) is 0 Å². The molecule has 12 heavy (non-hydrogen) atoms. The van der Waals surface area contributed by atoms with Crippen molar-refractivity contribution in [3.63, 3.8) is 0 Å². The largest absolute Gasteiger partial charge is 0.257 e. The van der Waals surface area contributed by atoms with Gasteiger partial charge in [0.2, 0.25) is 0 Å². The Kier molecular flexibility index (Phi) is 1.72. The number of fused-ring (bicyclic) bond motifs is 1. The smallest absolute Gasteiger partial charge is 0.0664 e. The average Bonchev–Trinajstić information content (AvgIpc) is 2.46. The van der Waals surface area contributed by atoms with Crippen LogP contribution in [-0.4, -0.2) is 4.98 Å². The summed E-state index contributed by atoms with van der Waals surface area (Å²) in [6, 6.07) is 4.17. The molecule has 0 aliphatic heterocycles. The molecule has 62 valence electrons. The van der Waals surface area contributed by atoms with Gasteiger partial charge in [0, 0.05) is 6.20 Å². The van der Waals surface area contributed by atoms with Gasteiger partial charge in [-0.1, -0.05) is 25.5 Å². The molecule has 0 radical (unpaired) electrons. The van der Waals surface area contributed by atoms with Gasteiger partial charge in [-0.3, -0.25) is 4.98 Å². The summed E-state index contributed by atoms with van der Waals surface area (Å²) in [5.74, 6) is 0.652. The SMILES string of the molecule is CC(C)C1=Cc2ncccc2C1. The lowest BCUT2D eigenvalue weighted by Crippen LogP contribution is -1.92. The predicted molar refractivity (Wildman–Crippen MR) is 50.8 cm³/mol. The fraction of sp³-hybridized carbons (Fsp3) is 0.364. The van der Waals surface area contributed by atoms with Gasteiger partial charge in [-0.25, -0.2) is 0 Å². The molecule has 1 aliphatic carbocycles. The quantitative estimate of drug-likeness (QED) is 0.614. The number of pyridine rings is 1. The third kappa shape index (κ3) is 1.15. The van der Waals surface area contributed by atoms with E-state index in [2.05, 4.69) is 31.0 Å². The summed E-state index contributed by atoms with van der Waals surface area (Å²) in [6.07, 6.45) is 5.18. The molecule has 0 saturated heterocycles. The van der Waals surface area contributed by atoms with Crippen LogP contribution in [0.2, 0.25) is 0 Å². The average molecular weight is 159 g/mol. The number of aromatic nitrogens is 1. The van der Waals surface area contributed by atoms with Gasteiger partial charge in [-0.2, -0.15) is 0 Å². The molecular formula is C11H13N. The van der Waals surface area contributed by atoms with Crippen LogP contribution in [0, 0.1) is 5.92 Å². The Morgan fingerprint density at radius 3 is 2.92 bits per heavy atom. The normalized spacial score (nSPS) is 14.8. The van der Waals surface area contributed by atoms with Crippen LogP contribution in [0.4, 0.5) is 0 Å². The molecule has 1 heteroatoms. The van der Waals surface area contributed by atoms with E-state index in [0.29, 0.717) is 5.92 Å². The van der Waals surface area contributed by atoms with Crippen LogP contribution < -0.4 is 0 Å². The first-order valence-electron chi connectivity index (χ1n) is 4.41. The lowest BCUT2D eigenvalue weighted by Gasteiger charge is -2.03. The maximum absolute atomic E-state index is 4.32. The number of hydrogen-bond acceptors (Lipinski definition) is 1. The van der Waals surface area contributed by atoms with Crippen molar-refractivity contribution in [3.05, 3.63) is 35.2 Å². The summed E-state index contributed by atoms with van der Waals surface area (Å²) in [7, 11) is 0. The van der Waals surface area contributed by atoms with Gasteiger partial charge in [0.15, 0.2) is 0 Å². The van der Waals surface area contributed by atoms with E-state index in [1.807, 2.05) is 12.3 Å². The first-order chi connectivity index (χ1) is 5.77. The molecule has 0 saturated carbocycles. The van der Waals surface area contributed by atoms with E-state index in [0.717, 1.165) is 6.42 Å². The van der Waals surface area contributed by atoms with Gasteiger partial charge in [0.05, 0.1) is 5.69 Å². The maximum atomic E-state index is 4.32. The second-order valence-corrected chi connectivity index (χ2v) is 3.60. The zero-order valence-corrected chi connectivity index (χ0v) is 7.54. The Morgan fingerprint density at radius 2 is 2.25 bits per heavy atom. The van der Waals surface area contributed by atoms with Gasteiger partial charge in [0.1, 0.15) is 0 Å². The van der Waals surface area contributed by atoms with Crippen molar-refractivity contribution in [1.82, 2.24) is 4.98 Å². The van der Waals surface area contributed by atoms with Crippen LogP contribution in [-0.2, 0) is 6.42 Å². The van der Waals surface area contributed by atoms with Crippen LogP contribution in [0.25, 0.3) is 6.08 Å². The summed E-state index contributed by atoms with van der Waals surface area (Å²) in [5.41, 5.74) is 4.05. The van der Waals surface area contributed by atoms with E-state index in [1.165, 1.54) is 16.8 Å². The number of allylic oxidation sites excluding steroid dienone is 1. The summed E-state index contributed by atoms with van der Waals surface area (Å²) < 4.78 is 0. The number of nitrogens with zero attached hydrogens (tertiary/aromatic N) is 1. The van der Waals surface area contributed by atoms with E-state index in [9.17, 15) is 0 Å². The Balaban J connectivity index is 2.35. The fourth-order valence-electron chi connectivity index (χ4n) is 1.55. The third-order valence-electron chi connectivity index (χ3n) is 2.38. The molecule has 1 aromatic heterocycles. The highest BCUT2D eigenvalue weighted by Gasteiger charge is 2.14. The molecule has 2 rings (SSSR count). The molecule has 1 aliphatic rings. The second kappa shape index (κ2) is 2.74. The Labute approximate surface area is 73.1 Å². The van der Waals surface area contributed by atoms with Crippen molar-refractivity contribution in [2.45, 2.75) is 20.3 Å². The molecule has 1 nitrogen and oxygen atoms in total. The molecular weight excluding hydrogens is 146 g/mol. The van der Waals surface area contributed by atoms with Crippen molar-refractivity contribution >= 4 is 6.08 Å². The molecule has 0 aromatic carbocycles. The minimum absolute atomic E-state index is 0.652. The Hall–Kier alpha value is -1.11. The molecule has 1 heterocycles. The molecule has 0 fully saturated rings. The minimum Gasteiger partial charge on any atom is -0.257 e. The van der Waals surface area contributed by atoms with Crippen molar-refractivity contribution in [2.24, 2.45) is 5.92 Å². The van der Waals surface area contributed by atoms with Gasteiger partial charge >= 0.3 is 0 Å². The van der Waals surface area contributed by atoms with Crippen LogP contribution in [0.15, 0.2) is 23.9 Å². The van der Waals surface area contributed by atoms with E-state index >= 15 is 0 Å². The van der Waals surface area contributed by atoms with Crippen LogP contribution in [0.3, 0.4) is 0 Å². The van der Waals surface area contributed by atoms with Crippen LogP contribution in [0.1, 0.15) is 25.1 Å². The van der Waals surface area contributed by atoms with Gasteiger partial charge in [-0.05, 0) is 30.0 Å². The number of rotatable bonds is 1. The summed E-state index contributed by atoms with van der Waals surface area (Å²) >= 11 is 0. The molecule has 0 N–H and O–H groups in total.